The van der Waals surface area contributed by atoms with Gasteiger partial charge in [0.2, 0.25) is 0 Å². The van der Waals surface area contributed by atoms with Crippen molar-refractivity contribution in [3.63, 3.8) is 0 Å². The summed E-state index contributed by atoms with van der Waals surface area (Å²) in [6.45, 7) is 6.81. The summed E-state index contributed by atoms with van der Waals surface area (Å²) in [7, 11) is 0.722. The molecule has 20 heavy (non-hydrogen) atoms. The van der Waals surface area contributed by atoms with E-state index in [9.17, 15) is 0 Å². The zero-order chi connectivity index (χ0) is 14.8. The van der Waals surface area contributed by atoms with Crippen LogP contribution in [0.2, 0.25) is 19.6 Å². The topological polar surface area (TPSA) is 4.93 Å². The lowest BCUT2D eigenvalue weighted by molar-refractivity contribution is 0.837. The highest BCUT2D eigenvalue weighted by molar-refractivity contribution is 6.83. The number of nitrogens with zero attached hydrogens (tertiary/aromatic N) is 1. The van der Waals surface area contributed by atoms with E-state index in [1.165, 1.54) is 22.2 Å². The number of rotatable bonds is 2. The second kappa shape index (κ2) is 5.61. The highest BCUT2D eigenvalue weighted by Gasteiger charge is 2.14. The van der Waals surface area contributed by atoms with Gasteiger partial charge in [-0.1, -0.05) is 43.8 Å². The molecule has 1 aromatic heterocycles. The van der Waals surface area contributed by atoms with E-state index in [-0.39, 0.29) is 0 Å². The van der Waals surface area contributed by atoms with Gasteiger partial charge in [0.05, 0.1) is 5.56 Å². The lowest BCUT2D eigenvalue weighted by atomic mass is 10.1. The van der Waals surface area contributed by atoms with E-state index in [0.717, 1.165) is 12.8 Å². The monoisotopic (exact) mass is 279 g/mol. The molecule has 0 aliphatic carbocycles. The second-order valence-corrected chi connectivity index (χ2v) is 10.9. The average molecular weight is 279 g/mol. The van der Waals surface area contributed by atoms with Gasteiger partial charge in [0.1, 0.15) is 8.07 Å². The van der Waals surface area contributed by atoms with E-state index in [1.807, 2.05) is 0 Å². The quantitative estimate of drug-likeness (QED) is 0.579. The Balaban J connectivity index is 2.65. The van der Waals surface area contributed by atoms with E-state index >= 15 is 0 Å². The first kappa shape index (κ1) is 14.5. The molecule has 2 heteroatoms. The van der Waals surface area contributed by atoms with Gasteiger partial charge in [-0.15, -0.1) is 17.9 Å². The zero-order valence-electron chi connectivity index (χ0n) is 12.7. The van der Waals surface area contributed by atoms with Gasteiger partial charge in [0, 0.05) is 30.1 Å². The van der Waals surface area contributed by atoms with Crippen LogP contribution < -0.4 is 0 Å². The van der Waals surface area contributed by atoms with Crippen molar-refractivity contribution < 1.29 is 0 Å². The number of fused-ring (bicyclic) bond motifs is 1. The molecular weight excluding hydrogens is 258 g/mol. The molecule has 0 fully saturated rings. The van der Waals surface area contributed by atoms with Gasteiger partial charge in [-0.3, -0.25) is 0 Å². The fraction of sp³-hybridized carbons (Fsp3) is 0.333. The van der Waals surface area contributed by atoms with Crippen molar-refractivity contribution in [3.05, 3.63) is 35.5 Å². The molecule has 0 saturated heterocycles. The molecule has 0 unspecified atom stereocenters. The normalized spacial score (nSPS) is 10.9. The minimum atomic E-state index is -1.38. The molecule has 0 N–H and O–H groups in total. The Morgan fingerprint density at radius 3 is 2.55 bits per heavy atom. The van der Waals surface area contributed by atoms with Gasteiger partial charge in [-0.25, -0.2) is 0 Å². The first-order chi connectivity index (χ1) is 9.44. The number of benzene rings is 1. The molecule has 0 aliphatic rings. The van der Waals surface area contributed by atoms with Crippen LogP contribution >= 0.6 is 0 Å². The minimum Gasteiger partial charge on any atom is -0.346 e. The Hall–Kier alpha value is -1.90. The number of hydrogen-bond acceptors (Lipinski definition) is 0. The molecule has 0 bridgehead atoms. The van der Waals surface area contributed by atoms with Crippen molar-refractivity contribution in [2.24, 2.45) is 7.05 Å². The van der Waals surface area contributed by atoms with Crippen molar-refractivity contribution in [1.82, 2.24) is 4.57 Å². The van der Waals surface area contributed by atoms with Crippen LogP contribution in [0.15, 0.2) is 24.3 Å². The lowest BCUT2D eigenvalue weighted by Crippen LogP contribution is -2.16. The summed E-state index contributed by atoms with van der Waals surface area (Å²) in [6.07, 6.45) is 7.07. The zero-order valence-corrected chi connectivity index (χ0v) is 13.7. The minimum absolute atomic E-state index is 0.756. The van der Waals surface area contributed by atoms with Crippen LogP contribution in [0.1, 0.15) is 17.7 Å². The maximum Gasteiger partial charge on any atom is 0.129 e. The summed E-state index contributed by atoms with van der Waals surface area (Å²) < 4.78 is 2.24. The molecular formula is C18H21NSi. The van der Waals surface area contributed by atoms with Gasteiger partial charge < -0.3 is 4.57 Å². The molecule has 2 aromatic rings. The Morgan fingerprint density at radius 2 is 1.90 bits per heavy atom. The third-order valence-electron chi connectivity index (χ3n) is 3.30. The van der Waals surface area contributed by atoms with Crippen molar-refractivity contribution in [3.8, 4) is 23.8 Å². The summed E-state index contributed by atoms with van der Waals surface area (Å²) in [6, 6.07) is 8.45. The van der Waals surface area contributed by atoms with Gasteiger partial charge in [0.15, 0.2) is 0 Å². The first-order valence-electron chi connectivity index (χ1n) is 6.97. The highest BCUT2D eigenvalue weighted by atomic mass is 28.3. The molecule has 0 saturated carbocycles. The van der Waals surface area contributed by atoms with Crippen LogP contribution in [0, 0.1) is 23.8 Å². The van der Waals surface area contributed by atoms with Crippen LogP contribution in [0.3, 0.4) is 0 Å². The fourth-order valence-electron chi connectivity index (χ4n) is 2.32. The van der Waals surface area contributed by atoms with Gasteiger partial charge in [-0.05, 0) is 12.5 Å². The fourth-order valence-corrected chi connectivity index (χ4v) is 2.82. The van der Waals surface area contributed by atoms with Gasteiger partial charge in [0.25, 0.3) is 0 Å². The van der Waals surface area contributed by atoms with Crippen LogP contribution in [-0.2, 0) is 13.5 Å². The van der Waals surface area contributed by atoms with Gasteiger partial charge >= 0.3 is 0 Å². The number of terminal acetylenes is 1. The van der Waals surface area contributed by atoms with E-state index < -0.39 is 8.07 Å². The molecule has 1 heterocycles. The van der Waals surface area contributed by atoms with Crippen LogP contribution in [-0.4, -0.2) is 12.6 Å². The highest BCUT2D eigenvalue weighted by Crippen LogP contribution is 2.25. The van der Waals surface area contributed by atoms with E-state index in [2.05, 4.69) is 72.9 Å². The molecule has 0 radical (unpaired) electrons. The summed E-state index contributed by atoms with van der Waals surface area (Å²) >= 11 is 0. The molecule has 1 aromatic carbocycles. The Labute approximate surface area is 123 Å². The van der Waals surface area contributed by atoms with E-state index in [1.54, 1.807) is 0 Å². The number of hydrogen-bond donors (Lipinski definition) is 0. The van der Waals surface area contributed by atoms with Crippen LogP contribution in [0.5, 0.6) is 0 Å². The smallest absolute Gasteiger partial charge is 0.129 e. The Kier molecular flexibility index (Phi) is 4.07. The molecule has 102 valence electrons. The number of para-hydroxylation sites is 1. The maximum absolute atomic E-state index is 5.43. The van der Waals surface area contributed by atoms with Crippen LogP contribution in [0.4, 0.5) is 0 Å². The Morgan fingerprint density at radius 1 is 1.20 bits per heavy atom. The first-order valence-corrected chi connectivity index (χ1v) is 10.5. The molecule has 2 rings (SSSR count). The van der Waals surface area contributed by atoms with Crippen molar-refractivity contribution >= 4 is 19.0 Å². The molecule has 0 atom stereocenters. The average Bonchev–Trinajstić information content (AvgIpc) is 2.66. The summed E-state index contributed by atoms with van der Waals surface area (Å²) in [4.78, 5) is 0. The van der Waals surface area contributed by atoms with Gasteiger partial charge in [-0.2, -0.15) is 0 Å². The number of aromatic nitrogens is 1. The largest absolute Gasteiger partial charge is 0.346 e. The third kappa shape index (κ3) is 2.98. The molecule has 0 amide bonds. The summed E-state index contributed by atoms with van der Waals surface area (Å²) in [5, 5.41) is 1.24. The second-order valence-electron chi connectivity index (χ2n) is 6.10. The maximum atomic E-state index is 5.43. The standard InChI is InChI=1S/C18H21NSi/c1-6-7-11-17-16(13-14-20(3,4)5)15-10-8-9-12-18(15)19(17)2/h1,8-10,12H,7,11H2,2-5H3. The van der Waals surface area contributed by atoms with Crippen molar-refractivity contribution in [2.45, 2.75) is 32.5 Å². The molecule has 1 nitrogen and oxygen atoms in total. The summed E-state index contributed by atoms with van der Waals surface area (Å²) in [5.41, 5.74) is 7.15. The molecule has 0 aliphatic heterocycles. The predicted octanol–water partition coefficient (Wildman–Crippen LogP) is 3.97. The van der Waals surface area contributed by atoms with Crippen molar-refractivity contribution in [1.29, 1.82) is 0 Å². The molecule has 0 spiro atoms. The lowest BCUT2D eigenvalue weighted by Gasteiger charge is -2.05. The number of aryl methyl sites for hydroxylation is 1. The SMILES string of the molecule is C#CCCc1c(C#C[Si](C)(C)C)c2ccccc2n1C. The summed E-state index contributed by atoms with van der Waals surface area (Å²) in [5.74, 6) is 6.18. The predicted molar refractivity (Wildman–Crippen MR) is 90.3 cm³/mol. The van der Waals surface area contributed by atoms with Crippen LogP contribution in [0.25, 0.3) is 10.9 Å². The third-order valence-corrected chi connectivity index (χ3v) is 4.17. The van der Waals surface area contributed by atoms with E-state index in [4.69, 9.17) is 6.42 Å². The Bertz CT molecular complexity index is 727. The van der Waals surface area contributed by atoms with Crippen molar-refractivity contribution in [2.75, 3.05) is 0 Å². The van der Waals surface area contributed by atoms with E-state index in [0.29, 0.717) is 0 Å².